The third kappa shape index (κ3) is 1.78. The molecule has 0 heterocycles. The maximum Gasteiger partial charge on any atom is 0.0825 e. The fourth-order valence-electron chi connectivity index (χ4n) is 2.42. The monoisotopic (exact) mass is 277 g/mol. The quantitative estimate of drug-likeness (QED) is 0.780. The molecule has 0 atom stereocenters. The molecule has 0 spiro atoms. The molecule has 0 aromatic heterocycles. The molecule has 1 nitrogen and oxygen atoms in total. The summed E-state index contributed by atoms with van der Waals surface area (Å²) in [5, 5.41) is 9.42. The Morgan fingerprint density at radius 3 is 2.50 bits per heavy atom. The Kier molecular flexibility index (Phi) is 3.08. The summed E-state index contributed by atoms with van der Waals surface area (Å²) in [5.41, 5.74) is 2.36. The second kappa shape index (κ2) is 4.22. The van der Waals surface area contributed by atoms with E-state index >= 15 is 0 Å². The zero-order chi connectivity index (χ0) is 11.8. The lowest BCUT2D eigenvalue weighted by Gasteiger charge is -2.37. The van der Waals surface area contributed by atoms with E-state index < -0.39 is 0 Å². The fourth-order valence-corrected chi connectivity index (χ4v) is 2.78. The fraction of sp³-hybridized carbons (Fsp3) is 0.500. The second-order valence-electron chi connectivity index (χ2n) is 4.93. The summed E-state index contributed by atoms with van der Waals surface area (Å²) >= 11 is 3.51. The minimum atomic E-state index is -0.205. The Balaban J connectivity index is 2.54. The molecule has 2 heteroatoms. The van der Waals surface area contributed by atoms with Crippen molar-refractivity contribution in [1.82, 2.24) is 0 Å². The van der Waals surface area contributed by atoms with Crippen molar-refractivity contribution in [3.63, 3.8) is 0 Å². The molecule has 16 heavy (non-hydrogen) atoms. The van der Waals surface area contributed by atoms with Gasteiger partial charge in [-0.3, -0.25) is 0 Å². The van der Waals surface area contributed by atoms with Gasteiger partial charge in [-0.05, 0) is 48.4 Å². The van der Waals surface area contributed by atoms with E-state index in [4.69, 9.17) is 0 Å². The summed E-state index contributed by atoms with van der Waals surface area (Å²) in [7, 11) is 0. The van der Waals surface area contributed by atoms with Gasteiger partial charge in [0.15, 0.2) is 0 Å². The SMILES string of the molecule is CC(C)c1ccc(Br)cc1C1(C#N)CCC1. The number of nitrogens with zero attached hydrogens (tertiary/aromatic N) is 1. The van der Waals surface area contributed by atoms with Crippen molar-refractivity contribution in [2.75, 3.05) is 0 Å². The first-order chi connectivity index (χ1) is 7.59. The van der Waals surface area contributed by atoms with Crippen LogP contribution in [0.2, 0.25) is 0 Å². The zero-order valence-corrected chi connectivity index (χ0v) is 11.3. The van der Waals surface area contributed by atoms with Crippen LogP contribution in [0, 0.1) is 11.3 Å². The van der Waals surface area contributed by atoms with E-state index in [1.165, 1.54) is 17.5 Å². The molecule has 1 aromatic carbocycles. The molecule has 0 unspecified atom stereocenters. The Morgan fingerprint density at radius 1 is 1.38 bits per heavy atom. The Bertz CT molecular complexity index is 439. The summed E-state index contributed by atoms with van der Waals surface area (Å²) in [6.07, 6.45) is 3.21. The van der Waals surface area contributed by atoms with Crippen LogP contribution < -0.4 is 0 Å². The lowest BCUT2D eigenvalue weighted by molar-refractivity contribution is 0.321. The van der Waals surface area contributed by atoms with Crippen molar-refractivity contribution in [2.24, 2.45) is 0 Å². The highest BCUT2D eigenvalue weighted by molar-refractivity contribution is 9.10. The second-order valence-corrected chi connectivity index (χ2v) is 5.85. The molecule has 0 N–H and O–H groups in total. The Hall–Kier alpha value is -0.810. The van der Waals surface area contributed by atoms with Gasteiger partial charge < -0.3 is 0 Å². The molecule has 84 valence electrons. The average Bonchev–Trinajstić information content (AvgIpc) is 2.16. The summed E-state index contributed by atoms with van der Waals surface area (Å²) in [6, 6.07) is 8.90. The van der Waals surface area contributed by atoms with Crippen LogP contribution >= 0.6 is 15.9 Å². The first-order valence-electron chi connectivity index (χ1n) is 5.80. The highest BCUT2D eigenvalue weighted by Crippen LogP contribution is 2.46. The Labute approximate surface area is 106 Å². The van der Waals surface area contributed by atoms with E-state index in [1.807, 2.05) is 0 Å². The first-order valence-corrected chi connectivity index (χ1v) is 6.59. The molecule has 0 aliphatic heterocycles. The van der Waals surface area contributed by atoms with Crippen LogP contribution in [0.15, 0.2) is 22.7 Å². The van der Waals surface area contributed by atoms with Crippen LogP contribution in [-0.4, -0.2) is 0 Å². The standard InChI is InChI=1S/C14H16BrN/c1-10(2)12-5-4-11(15)8-13(12)14(9-16)6-3-7-14/h4-5,8,10H,3,6-7H2,1-2H3. The molecule has 0 radical (unpaired) electrons. The minimum Gasteiger partial charge on any atom is -0.197 e. The van der Waals surface area contributed by atoms with Crippen LogP contribution in [0.5, 0.6) is 0 Å². The van der Waals surface area contributed by atoms with Gasteiger partial charge in [0.1, 0.15) is 0 Å². The van der Waals surface area contributed by atoms with E-state index in [0.717, 1.165) is 17.3 Å². The van der Waals surface area contributed by atoms with Gasteiger partial charge in [-0.2, -0.15) is 5.26 Å². The normalized spacial score (nSPS) is 17.9. The van der Waals surface area contributed by atoms with Crippen molar-refractivity contribution >= 4 is 15.9 Å². The number of benzene rings is 1. The lowest BCUT2D eigenvalue weighted by atomic mass is 9.63. The van der Waals surface area contributed by atoms with Crippen molar-refractivity contribution in [3.05, 3.63) is 33.8 Å². The van der Waals surface area contributed by atoms with E-state index in [-0.39, 0.29) is 5.41 Å². The van der Waals surface area contributed by atoms with Crippen LogP contribution in [0.4, 0.5) is 0 Å². The number of rotatable bonds is 2. The topological polar surface area (TPSA) is 23.8 Å². The first kappa shape index (κ1) is 11.7. The number of nitriles is 1. The number of hydrogen-bond donors (Lipinski definition) is 0. The molecule has 2 rings (SSSR count). The van der Waals surface area contributed by atoms with Gasteiger partial charge in [0.05, 0.1) is 11.5 Å². The van der Waals surface area contributed by atoms with Crippen molar-refractivity contribution in [2.45, 2.75) is 44.4 Å². The van der Waals surface area contributed by atoms with Gasteiger partial charge in [0, 0.05) is 4.47 Å². The van der Waals surface area contributed by atoms with Gasteiger partial charge in [0.2, 0.25) is 0 Å². The van der Waals surface area contributed by atoms with E-state index in [2.05, 4.69) is 54.0 Å². The highest BCUT2D eigenvalue weighted by Gasteiger charge is 2.40. The predicted octanol–water partition coefficient (Wildman–Crippen LogP) is 4.52. The van der Waals surface area contributed by atoms with Crippen LogP contribution in [-0.2, 0) is 5.41 Å². The molecule has 1 aliphatic carbocycles. The van der Waals surface area contributed by atoms with Crippen LogP contribution in [0.1, 0.15) is 50.2 Å². The predicted molar refractivity (Wildman–Crippen MR) is 69.4 cm³/mol. The maximum absolute atomic E-state index is 9.42. The smallest absolute Gasteiger partial charge is 0.0825 e. The summed E-state index contributed by atoms with van der Waals surface area (Å²) < 4.78 is 1.08. The van der Waals surface area contributed by atoms with E-state index in [9.17, 15) is 5.26 Å². The highest BCUT2D eigenvalue weighted by atomic mass is 79.9. The van der Waals surface area contributed by atoms with E-state index in [1.54, 1.807) is 0 Å². The minimum absolute atomic E-state index is 0.205. The summed E-state index contributed by atoms with van der Waals surface area (Å²) in [4.78, 5) is 0. The van der Waals surface area contributed by atoms with Crippen molar-refractivity contribution in [3.8, 4) is 6.07 Å². The van der Waals surface area contributed by atoms with Gasteiger partial charge in [-0.15, -0.1) is 0 Å². The summed E-state index contributed by atoms with van der Waals surface area (Å²) in [6.45, 7) is 4.38. The van der Waals surface area contributed by atoms with Crippen LogP contribution in [0.25, 0.3) is 0 Å². The van der Waals surface area contributed by atoms with E-state index in [0.29, 0.717) is 5.92 Å². The van der Waals surface area contributed by atoms with Crippen molar-refractivity contribution < 1.29 is 0 Å². The third-order valence-corrected chi connectivity index (χ3v) is 4.07. The maximum atomic E-state index is 9.42. The molecule has 0 bridgehead atoms. The summed E-state index contributed by atoms with van der Waals surface area (Å²) in [5.74, 6) is 0.480. The largest absolute Gasteiger partial charge is 0.197 e. The molecular weight excluding hydrogens is 262 g/mol. The van der Waals surface area contributed by atoms with Crippen molar-refractivity contribution in [1.29, 1.82) is 5.26 Å². The molecule has 0 saturated heterocycles. The average molecular weight is 278 g/mol. The Morgan fingerprint density at radius 2 is 2.06 bits per heavy atom. The molecule has 0 amide bonds. The molecule has 1 saturated carbocycles. The van der Waals surface area contributed by atoms with Gasteiger partial charge in [0.25, 0.3) is 0 Å². The van der Waals surface area contributed by atoms with Crippen LogP contribution in [0.3, 0.4) is 0 Å². The third-order valence-electron chi connectivity index (χ3n) is 3.57. The zero-order valence-electron chi connectivity index (χ0n) is 9.76. The van der Waals surface area contributed by atoms with Gasteiger partial charge >= 0.3 is 0 Å². The van der Waals surface area contributed by atoms with Gasteiger partial charge in [-0.1, -0.05) is 35.8 Å². The molecule has 1 fully saturated rings. The molecule has 1 aliphatic rings. The van der Waals surface area contributed by atoms with Gasteiger partial charge in [-0.25, -0.2) is 0 Å². The number of halogens is 1. The molecular formula is C14H16BrN. The molecule has 1 aromatic rings. The lowest BCUT2D eigenvalue weighted by Crippen LogP contribution is -2.33. The number of hydrogen-bond acceptors (Lipinski definition) is 1.